The molecule has 0 fully saturated rings. The smallest absolute Gasteiger partial charge is 0.307 e. The highest BCUT2D eigenvalue weighted by molar-refractivity contribution is 5.70. The van der Waals surface area contributed by atoms with Gasteiger partial charge in [0.2, 0.25) is 0 Å². The fraction of sp³-hybridized carbons (Fsp3) is 0.308. The van der Waals surface area contributed by atoms with Crippen LogP contribution >= 0.6 is 0 Å². The van der Waals surface area contributed by atoms with Crippen LogP contribution in [0.1, 0.15) is 18.4 Å². The monoisotopic (exact) mass is 218 g/mol. The molecule has 0 bridgehead atoms. The summed E-state index contributed by atoms with van der Waals surface area (Å²) < 4.78 is 5.43. The average Bonchev–Trinajstić information content (AvgIpc) is 2.26. The predicted molar refractivity (Wildman–Crippen MR) is 61.3 cm³/mol. The van der Waals surface area contributed by atoms with Crippen LogP contribution in [0, 0.1) is 12.3 Å². The Hall–Kier alpha value is -1.95. The van der Waals surface area contributed by atoms with Crippen molar-refractivity contribution in [2.45, 2.75) is 19.3 Å². The molecular weight excluding hydrogens is 204 g/mol. The van der Waals surface area contributed by atoms with Crippen LogP contribution in [0.4, 0.5) is 0 Å². The molecule has 3 heteroatoms. The van der Waals surface area contributed by atoms with Gasteiger partial charge < -0.3 is 9.84 Å². The van der Waals surface area contributed by atoms with Gasteiger partial charge in [-0.2, -0.15) is 0 Å². The van der Waals surface area contributed by atoms with Gasteiger partial charge >= 0.3 is 5.97 Å². The Bertz CT molecular complexity index is 373. The molecule has 0 aliphatic heterocycles. The molecule has 0 aliphatic carbocycles. The average molecular weight is 218 g/mol. The number of hydrogen-bond donors (Lipinski definition) is 1. The summed E-state index contributed by atoms with van der Waals surface area (Å²) in [5.41, 5.74) is 0.767. The second-order valence-corrected chi connectivity index (χ2v) is 3.37. The van der Waals surface area contributed by atoms with Gasteiger partial charge in [0, 0.05) is 6.42 Å². The number of carboxylic acid groups (broad SMARTS) is 1. The lowest BCUT2D eigenvalue weighted by atomic mass is 10.1. The summed E-state index contributed by atoms with van der Waals surface area (Å²) in [6.07, 6.45) is 6.68. The standard InChI is InChI=1S/C13H14O3/c1-2-3-4-9-16-12-7-5-11(6-8-12)10-13(14)15/h1,5-8H,3-4,9-10H2,(H,14,15). The SMILES string of the molecule is C#CCCCOc1ccc(CC(=O)O)cc1. The quantitative estimate of drug-likeness (QED) is 0.587. The van der Waals surface area contributed by atoms with Crippen molar-refractivity contribution in [3.05, 3.63) is 29.8 Å². The van der Waals surface area contributed by atoms with E-state index < -0.39 is 5.97 Å². The molecule has 0 radical (unpaired) electrons. The third kappa shape index (κ3) is 4.52. The van der Waals surface area contributed by atoms with E-state index >= 15 is 0 Å². The minimum Gasteiger partial charge on any atom is -0.494 e. The zero-order valence-electron chi connectivity index (χ0n) is 8.98. The number of terminal acetylenes is 1. The zero-order valence-corrected chi connectivity index (χ0v) is 8.98. The first-order valence-corrected chi connectivity index (χ1v) is 5.09. The maximum absolute atomic E-state index is 10.4. The van der Waals surface area contributed by atoms with Gasteiger partial charge in [0.1, 0.15) is 5.75 Å². The van der Waals surface area contributed by atoms with Crippen LogP contribution in [-0.2, 0) is 11.2 Å². The highest BCUT2D eigenvalue weighted by atomic mass is 16.5. The largest absolute Gasteiger partial charge is 0.494 e. The molecule has 0 unspecified atom stereocenters. The summed E-state index contributed by atoms with van der Waals surface area (Å²) in [7, 11) is 0. The van der Waals surface area contributed by atoms with Gasteiger partial charge in [0.15, 0.2) is 0 Å². The van der Waals surface area contributed by atoms with E-state index in [1.54, 1.807) is 24.3 Å². The Morgan fingerprint density at radius 2 is 2.06 bits per heavy atom. The van der Waals surface area contributed by atoms with E-state index in [9.17, 15) is 4.79 Å². The number of carbonyl (C=O) groups is 1. The molecule has 1 N–H and O–H groups in total. The van der Waals surface area contributed by atoms with E-state index in [-0.39, 0.29) is 6.42 Å². The molecule has 84 valence electrons. The third-order valence-corrected chi connectivity index (χ3v) is 2.01. The summed E-state index contributed by atoms with van der Waals surface area (Å²) >= 11 is 0. The Labute approximate surface area is 95.1 Å². The van der Waals surface area contributed by atoms with E-state index in [4.69, 9.17) is 16.3 Å². The molecule has 16 heavy (non-hydrogen) atoms. The molecule has 0 aromatic heterocycles. The summed E-state index contributed by atoms with van der Waals surface area (Å²) in [6.45, 7) is 0.586. The van der Waals surface area contributed by atoms with Crippen molar-refractivity contribution in [3.8, 4) is 18.1 Å². The van der Waals surface area contributed by atoms with Gasteiger partial charge in [0.05, 0.1) is 13.0 Å². The lowest BCUT2D eigenvalue weighted by Gasteiger charge is -2.05. The Balaban J connectivity index is 2.39. The van der Waals surface area contributed by atoms with Gasteiger partial charge in [-0.15, -0.1) is 12.3 Å². The minimum atomic E-state index is -0.831. The molecule has 0 heterocycles. The fourth-order valence-electron chi connectivity index (χ4n) is 1.24. The van der Waals surface area contributed by atoms with Gasteiger partial charge in [0.25, 0.3) is 0 Å². The molecular formula is C13H14O3. The van der Waals surface area contributed by atoms with Crippen LogP contribution < -0.4 is 4.74 Å². The first kappa shape index (κ1) is 12.1. The number of benzene rings is 1. The molecule has 0 saturated heterocycles. The minimum absolute atomic E-state index is 0.0391. The normalized spacial score (nSPS) is 9.44. The van der Waals surface area contributed by atoms with Crippen LogP contribution in [0.2, 0.25) is 0 Å². The highest BCUT2D eigenvalue weighted by Gasteiger charge is 2.00. The van der Waals surface area contributed by atoms with E-state index in [0.717, 1.165) is 17.7 Å². The number of rotatable bonds is 6. The molecule has 0 spiro atoms. The summed E-state index contributed by atoms with van der Waals surface area (Å²) in [6, 6.07) is 7.05. The maximum atomic E-state index is 10.4. The van der Waals surface area contributed by atoms with Crippen LogP contribution in [0.15, 0.2) is 24.3 Å². The van der Waals surface area contributed by atoms with Crippen LogP contribution in [0.25, 0.3) is 0 Å². The second-order valence-electron chi connectivity index (χ2n) is 3.37. The first-order chi connectivity index (χ1) is 7.72. The molecule has 1 aromatic rings. The molecule has 0 saturated carbocycles. The van der Waals surface area contributed by atoms with Crippen molar-refractivity contribution in [1.29, 1.82) is 0 Å². The van der Waals surface area contributed by atoms with Crippen LogP contribution in [-0.4, -0.2) is 17.7 Å². The van der Waals surface area contributed by atoms with Crippen molar-refractivity contribution in [3.63, 3.8) is 0 Å². The molecule has 0 amide bonds. The molecule has 0 atom stereocenters. The number of hydrogen-bond acceptors (Lipinski definition) is 2. The summed E-state index contributed by atoms with van der Waals surface area (Å²) in [5, 5.41) is 8.59. The zero-order chi connectivity index (χ0) is 11.8. The van der Waals surface area contributed by atoms with E-state index in [2.05, 4.69) is 5.92 Å². The number of aliphatic carboxylic acids is 1. The van der Waals surface area contributed by atoms with E-state index in [1.165, 1.54) is 0 Å². The Morgan fingerprint density at radius 1 is 1.38 bits per heavy atom. The number of ether oxygens (including phenoxy) is 1. The van der Waals surface area contributed by atoms with Crippen LogP contribution in [0.5, 0.6) is 5.75 Å². The molecule has 0 aliphatic rings. The highest BCUT2D eigenvalue weighted by Crippen LogP contribution is 2.13. The number of carboxylic acids is 1. The van der Waals surface area contributed by atoms with E-state index in [0.29, 0.717) is 13.0 Å². The van der Waals surface area contributed by atoms with Gasteiger partial charge in [-0.1, -0.05) is 12.1 Å². The Kier molecular flexibility index (Phi) is 4.94. The van der Waals surface area contributed by atoms with E-state index in [1.807, 2.05) is 0 Å². The molecule has 3 nitrogen and oxygen atoms in total. The molecule has 1 rings (SSSR count). The first-order valence-electron chi connectivity index (χ1n) is 5.09. The Morgan fingerprint density at radius 3 is 2.62 bits per heavy atom. The lowest BCUT2D eigenvalue weighted by Crippen LogP contribution is -2.00. The van der Waals surface area contributed by atoms with Gasteiger partial charge in [-0.05, 0) is 24.1 Å². The number of unbranched alkanes of at least 4 members (excludes halogenated alkanes) is 1. The molecule has 1 aromatic carbocycles. The van der Waals surface area contributed by atoms with Crippen molar-refractivity contribution in [2.24, 2.45) is 0 Å². The topological polar surface area (TPSA) is 46.5 Å². The fourth-order valence-corrected chi connectivity index (χ4v) is 1.24. The van der Waals surface area contributed by atoms with Crippen molar-refractivity contribution in [1.82, 2.24) is 0 Å². The van der Waals surface area contributed by atoms with Crippen molar-refractivity contribution < 1.29 is 14.6 Å². The maximum Gasteiger partial charge on any atom is 0.307 e. The summed E-state index contributed by atoms with van der Waals surface area (Å²) in [4.78, 5) is 10.4. The lowest BCUT2D eigenvalue weighted by molar-refractivity contribution is -0.136. The van der Waals surface area contributed by atoms with Crippen LogP contribution in [0.3, 0.4) is 0 Å². The van der Waals surface area contributed by atoms with Crippen molar-refractivity contribution >= 4 is 5.97 Å². The van der Waals surface area contributed by atoms with Gasteiger partial charge in [-0.3, -0.25) is 4.79 Å². The second kappa shape index (κ2) is 6.52. The third-order valence-electron chi connectivity index (χ3n) is 2.01. The van der Waals surface area contributed by atoms with Crippen molar-refractivity contribution in [2.75, 3.05) is 6.61 Å². The summed E-state index contributed by atoms with van der Waals surface area (Å²) in [5.74, 6) is 2.45. The van der Waals surface area contributed by atoms with Gasteiger partial charge in [-0.25, -0.2) is 0 Å². The predicted octanol–water partition coefficient (Wildman–Crippen LogP) is 2.11.